The molecular formula is C40H37FN6O4S. The van der Waals surface area contributed by atoms with Gasteiger partial charge in [-0.2, -0.15) is 5.10 Å². The van der Waals surface area contributed by atoms with Crippen LogP contribution in [0.2, 0.25) is 0 Å². The Bertz CT molecular complexity index is 2270. The third-order valence-electron chi connectivity index (χ3n) is 9.17. The van der Waals surface area contributed by atoms with Gasteiger partial charge < -0.3 is 14.8 Å². The number of ether oxygens (including phenoxy) is 2. The summed E-state index contributed by atoms with van der Waals surface area (Å²) >= 11 is 0. The quantitative estimate of drug-likeness (QED) is 0.145. The topological polar surface area (TPSA) is 122 Å². The van der Waals surface area contributed by atoms with Gasteiger partial charge in [0, 0.05) is 23.4 Å². The second-order valence-corrected chi connectivity index (χ2v) is 14.9. The molecule has 0 radical (unpaired) electrons. The zero-order valence-corrected chi connectivity index (χ0v) is 29.9. The fraction of sp³-hybridized carbons (Fsp3) is 0.175. The molecule has 52 heavy (non-hydrogen) atoms. The lowest BCUT2D eigenvalue weighted by molar-refractivity contribution is 0.132. The van der Waals surface area contributed by atoms with Gasteiger partial charge in [0.05, 0.1) is 25.5 Å². The van der Waals surface area contributed by atoms with Crippen LogP contribution in [-0.2, 0) is 22.0 Å². The number of aromatic nitrogens is 3. The van der Waals surface area contributed by atoms with E-state index in [2.05, 4.69) is 15.4 Å². The van der Waals surface area contributed by atoms with E-state index in [-0.39, 0.29) is 22.0 Å². The van der Waals surface area contributed by atoms with E-state index in [1.165, 1.54) is 19.4 Å². The van der Waals surface area contributed by atoms with Crippen molar-refractivity contribution in [2.24, 2.45) is 0 Å². The van der Waals surface area contributed by atoms with Crippen molar-refractivity contribution >= 4 is 21.6 Å². The summed E-state index contributed by atoms with van der Waals surface area (Å²) in [7, 11) is -2.89. The Labute approximate surface area is 302 Å². The molecule has 0 fully saturated rings. The van der Waals surface area contributed by atoms with Crippen molar-refractivity contribution in [1.29, 1.82) is 4.78 Å². The Kier molecular flexibility index (Phi) is 8.79. The smallest absolute Gasteiger partial charge is 0.336 e. The minimum absolute atomic E-state index is 0.0737. The van der Waals surface area contributed by atoms with Crippen LogP contribution in [0.5, 0.6) is 11.8 Å². The SMILES string of the molecule is COc1cc(-c2ccc(F)c(C)c2NC(=O)N(C(c2ccccc2)(c2ccccc2)c2ccccc2)S(=N)(=O)c2cnn3c2OC(C)(C)C3)ccn1. The summed E-state index contributed by atoms with van der Waals surface area (Å²) in [6.45, 7) is 5.64. The maximum atomic E-state index is 15.8. The molecule has 0 aliphatic carbocycles. The standard InChI is InChI=1S/C40H37FN6O4S/c1-27-33(41)21-20-32(28-22-23-43-35(24-28)50-4)36(27)45-38(48)47(52(42,49)34-25-44-46-26-39(2,3)51-37(34)46)40(29-14-8-5-9-15-29,30-16-10-6-11-17-30)31-18-12-7-13-19-31/h5-25,42H,26H2,1-4H3,(H,45,48). The van der Waals surface area contributed by atoms with Crippen molar-refractivity contribution in [1.82, 2.24) is 19.1 Å². The molecular weight excluding hydrogens is 680 g/mol. The average Bonchev–Trinajstić information content (AvgIpc) is 3.68. The van der Waals surface area contributed by atoms with Gasteiger partial charge in [-0.05, 0) is 61.2 Å². The predicted molar refractivity (Wildman–Crippen MR) is 197 cm³/mol. The number of halogens is 1. The Morgan fingerprint density at radius 1 is 0.962 bits per heavy atom. The number of nitrogens with one attached hydrogen (secondary N) is 2. The lowest BCUT2D eigenvalue weighted by Gasteiger charge is -2.45. The van der Waals surface area contributed by atoms with Crippen molar-refractivity contribution in [3.63, 3.8) is 0 Å². The largest absolute Gasteiger partial charge is 0.481 e. The number of rotatable bonds is 9. The summed E-state index contributed by atoms with van der Waals surface area (Å²) in [5.41, 5.74) is 0.609. The number of carbonyl (C=O) groups excluding carboxylic acids is 1. The zero-order chi connectivity index (χ0) is 36.7. The normalized spacial score (nSPS) is 14.5. The Morgan fingerprint density at radius 2 is 1.54 bits per heavy atom. The first-order chi connectivity index (χ1) is 25.0. The van der Waals surface area contributed by atoms with Gasteiger partial charge in [0.1, 0.15) is 21.9 Å². The highest BCUT2D eigenvalue weighted by atomic mass is 32.2. The van der Waals surface area contributed by atoms with Crippen LogP contribution in [0.4, 0.5) is 14.9 Å². The molecule has 4 aromatic carbocycles. The highest BCUT2D eigenvalue weighted by Gasteiger charge is 2.52. The predicted octanol–water partition coefficient (Wildman–Crippen LogP) is 8.42. The average molecular weight is 717 g/mol. The Hall–Kier alpha value is -6.01. The van der Waals surface area contributed by atoms with Gasteiger partial charge in [0.15, 0.2) is 9.92 Å². The number of urea groups is 1. The molecule has 0 saturated carbocycles. The third-order valence-corrected chi connectivity index (χ3v) is 11.0. The van der Waals surface area contributed by atoms with Crippen LogP contribution in [0.1, 0.15) is 36.1 Å². The van der Waals surface area contributed by atoms with Crippen LogP contribution in [0.25, 0.3) is 11.1 Å². The van der Waals surface area contributed by atoms with E-state index in [4.69, 9.17) is 9.47 Å². The minimum Gasteiger partial charge on any atom is -0.481 e. The number of nitrogens with zero attached hydrogens (tertiary/aromatic N) is 4. The number of benzene rings is 4. The molecule has 1 aliphatic heterocycles. The van der Waals surface area contributed by atoms with E-state index in [1.807, 2.05) is 105 Å². The molecule has 6 aromatic rings. The highest BCUT2D eigenvalue weighted by molar-refractivity contribution is 7.90. The second-order valence-electron chi connectivity index (χ2n) is 13.1. The maximum absolute atomic E-state index is 15.8. The molecule has 1 aliphatic rings. The molecule has 7 rings (SSSR count). The van der Waals surface area contributed by atoms with Gasteiger partial charge in [-0.1, -0.05) is 91.0 Å². The summed E-state index contributed by atoms with van der Waals surface area (Å²) in [5.74, 6) is -0.108. The van der Waals surface area contributed by atoms with Crippen LogP contribution in [0.3, 0.4) is 0 Å². The number of methoxy groups -OCH3 is 1. The molecule has 2 N–H and O–H groups in total. The second kappa shape index (κ2) is 13.3. The van der Waals surface area contributed by atoms with E-state index >= 15 is 13.4 Å². The number of carbonyl (C=O) groups is 1. The summed E-state index contributed by atoms with van der Waals surface area (Å²) in [5, 5.41) is 7.39. The molecule has 0 spiro atoms. The van der Waals surface area contributed by atoms with Gasteiger partial charge >= 0.3 is 6.03 Å². The first kappa shape index (κ1) is 34.4. The molecule has 3 heterocycles. The lowest BCUT2D eigenvalue weighted by atomic mass is 9.77. The first-order valence-corrected chi connectivity index (χ1v) is 18.1. The van der Waals surface area contributed by atoms with Crippen molar-refractivity contribution in [3.05, 3.63) is 156 Å². The lowest BCUT2D eigenvalue weighted by Crippen LogP contribution is -2.55. The summed E-state index contributed by atoms with van der Waals surface area (Å²) < 4.78 is 55.4. The third kappa shape index (κ3) is 5.84. The van der Waals surface area contributed by atoms with Gasteiger partial charge in [-0.25, -0.2) is 32.1 Å². The van der Waals surface area contributed by atoms with E-state index in [1.54, 1.807) is 36.0 Å². The number of hydrogen-bond donors (Lipinski definition) is 2. The van der Waals surface area contributed by atoms with Crippen LogP contribution in [0, 0.1) is 17.5 Å². The van der Waals surface area contributed by atoms with Crippen molar-refractivity contribution in [2.75, 3.05) is 12.4 Å². The number of amides is 2. The first-order valence-electron chi connectivity index (χ1n) is 16.6. The van der Waals surface area contributed by atoms with E-state index in [0.29, 0.717) is 40.2 Å². The molecule has 0 bridgehead atoms. The monoisotopic (exact) mass is 716 g/mol. The Morgan fingerprint density at radius 3 is 2.10 bits per heavy atom. The van der Waals surface area contributed by atoms with Gasteiger partial charge in [-0.3, -0.25) is 0 Å². The van der Waals surface area contributed by atoms with Crippen LogP contribution < -0.4 is 14.8 Å². The molecule has 1 atom stereocenters. The molecule has 1 unspecified atom stereocenters. The van der Waals surface area contributed by atoms with Crippen molar-refractivity contribution in [3.8, 4) is 22.9 Å². The van der Waals surface area contributed by atoms with Gasteiger partial charge in [0.2, 0.25) is 11.8 Å². The van der Waals surface area contributed by atoms with Gasteiger partial charge in [0.25, 0.3) is 0 Å². The number of fused-ring (bicyclic) bond motifs is 1. The van der Waals surface area contributed by atoms with Crippen molar-refractivity contribution < 1.29 is 22.9 Å². The van der Waals surface area contributed by atoms with E-state index < -0.39 is 32.9 Å². The number of anilines is 1. The van der Waals surface area contributed by atoms with Crippen molar-refractivity contribution in [2.45, 2.75) is 43.4 Å². The zero-order valence-electron chi connectivity index (χ0n) is 29.0. The van der Waals surface area contributed by atoms with Crippen LogP contribution >= 0.6 is 0 Å². The molecule has 0 saturated heterocycles. The summed E-state index contributed by atoms with van der Waals surface area (Å²) in [6, 6.07) is 32.8. The Balaban J connectivity index is 1.54. The van der Waals surface area contributed by atoms with E-state index in [0.717, 1.165) is 4.31 Å². The molecule has 264 valence electrons. The molecule has 10 nitrogen and oxygen atoms in total. The fourth-order valence-corrected chi connectivity index (χ4v) is 8.55. The van der Waals surface area contributed by atoms with E-state index in [9.17, 15) is 4.78 Å². The van der Waals surface area contributed by atoms with Gasteiger partial charge in [-0.15, -0.1) is 0 Å². The summed E-state index contributed by atoms with van der Waals surface area (Å²) in [4.78, 5) is 19.6. The van der Waals surface area contributed by atoms with Crippen LogP contribution in [0.15, 0.2) is 133 Å². The number of hydrogen-bond acceptors (Lipinski definition) is 7. The number of pyridine rings is 1. The van der Waals surface area contributed by atoms with Crippen LogP contribution in [-0.4, -0.2) is 42.0 Å². The summed E-state index contributed by atoms with van der Waals surface area (Å²) in [6.07, 6.45) is 2.88. The molecule has 12 heteroatoms. The minimum atomic E-state index is -4.38. The highest BCUT2D eigenvalue weighted by Crippen LogP contribution is 2.48. The maximum Gasteiger partial charge on any atom is 0.336 e. The molecule has 2 amide bonds. The fourth-order valence-electron chi connectivity index (χ4n) is 6.80. The molecule has 2 aromatic heterocycles.